The van der Waals surface area contributed by atoms with Crippen LogP contribution in [-0.2, 0) is 0 Å². The zero-order valence-corrected chi connectivity index (χ0v) is 8.77. The summed E-state index contributed by atoms with van der Waals surface area (Å²) in [5, 5.41) is 0. The highest BCUT2D eigenvalue weighted by Crippen LogP contribution is 2.14. The normalized spacial score (nSPS) is 11.3. The summed E-state index contributed by atoms with van der Waals surface area (Å²) in [5.41, 5.74) is 1.41. The molecule has 0 amide bonds. The van der Waals surface area contributed by atoms with Gasteiger partial charge in [-0.25, -0.2) is 0 Å². The Balaban J connectivity index is 3.32. The highest BCUT2D eigenvalue weighted by Gasteiger charge is 1.97. The molecule has 0 aliphatic carbocycles. The van der Waals surface area contributed by atoms with Crippen molar-refractivity contribution >= 4 is 0 Å². The van der Waals surface area contributed by atoms with E-state index in [0.29, 0.717) is 0 Å². The fourth-order valence-corrected chi connectivity index (χ4v) is 1.32. The van der Waals surface area contributed by atoms with Crippen LogP contribution in [0.2, 0.25) is 0 Å². The molecule has 0 aliphatic heterocycles. The Labute approximate surface area is 77.4 Å². The Morgan fingerprint density at radius 3 is 2.58 bits per heavy atom. The summed E-state index contributed by atoms with van der Waals surface area (Å²) >= 11 is 0. The van der Waals surface area contributed by atoms with Crippen molar-refractivity contribution in [2.24, 2.45) is 5.92 Å². The lowest BCUT2D eigenvalue weighted by Crippen LogP contribution is -1.90. The van der Waals surface area contributed by atoms with Crippen molar-refractivity contribution in [1.29, 1.82) is 0 Å². The van der Waals surface area contributed by atoms with Crippen LogP contribution >= 0.6 is 0 Å². The summed E-state index contributed by atoms with van der Waals surface area (Å²) < 4.78 is 0. The minimum Gasteiger partial charge on any atom is -0.0999 e. The Bertz CT molecular complexity index is 140. The van der Waals surface area contributed by atoms with Gasteiger partial charge >= 0.3 is 0 Å². The van der Waals surface area contributed by atoms with Crippen LogP contribution in [0.25, 0.3) is 0 Å². The van der Waals surface area contributed by atoms with E-state index in [4.69, 9.17) is 0 Å². The second-order valence-corrected chi connectivity index (χ2v) is 3.81. The van der Waals surface area contributed by atoms with Crippen molar-refractivity contribution in [3.63, 3.8) is 0 Å². The molecule has 0 saturated heterocycles. The largest absolute Gasteiger partial charge is 0.0999 e. The van der Waals surface area contributed by atoms with Crippen molar-refractivity contribution in [2.75, 3.05) is 0 Å². The van der Waals surface area contributed by atoms with Crippen molar-refractivity contribution < 1.29 is 0 Å². The summed E-state index contributed by atoms with van der Waals surface area (Å²) in [6.45, 7) is 10.6. The number of hydrogen-bond acceptors (Lipinski definition) is 0. The third-order valence-electron chi connectivity index (χ3n) is 1.83. The number of allylic oxidation sites excluding steroid dienone is 3. The maximum absolute atomic E-state index is 4.07. The quantitative estimate of drug-likeness (QED) is 0.407. The molecule has 0 rings (SSSR count). The number of unbranched alkanes of at least 4 members (excludes halogenated alkanes) is 1. The first-order valence-electron chi connectivity index (χ1n) is 4.94. The van der Waals surface area contributed by atoms with Gasteiger partial charge in [-0.3, -0.25) is 0 Å². The maximum Gasteiger partial charge on any atom is -0.0300 e. The SMILES string of the molecule is C=C(CCCC=CC)CC(C)C. The van der Waals surface area contributed by atoms with E-state index in [1.165, 1.54) is 31.3 Å². The highest BCUT2D eigenvalue weighted by molar-refractivity contribution is 4.95. The fraction of sp³-hybridized carbons (Fsp3) is 0.667. The third-order valence-corrected chi connectivity index (χ3v) is 1.83. The standard InChI is InChI=1S/C12H22/c1-5-6-7-8-9-12(4)10-11(2)3/h5-6,11H,4,7-10H2,1-3H3. The molecule has 0 heterocycles. The van der Waals surface area contributed by atoms with E-state index in [0.717, 1.165) is 5.92 Å². The molecule has 70 valence electrons. The van der Waals surface area contributed by atoms with E-state index >= 15 is 0 Å². The Morgan fingerprint density at radius 2 is 2.08 bits per heavy atom. The van der Waals surface area contributed by atoms with Crippen molar-refractivity contribution in [3.05, 3.63) is 24.3 Å². The van der Waals surface area contributed by atoms with Gasteiger partial charge in [0.2, 0.25) is 0 Å². The molecule has 0 fully saturated rings. The van der Waals surface area contributed by atoms with Crippen molar-refractivity contribution in [1.82, 2.24) is 0 Å². The Kier molecular flexibility index (Phi) is 6.84. The first-order valence-corrected chi connectivity index (χ1v) is 4.94. The first kappa shape index (κ1) is 11.5. The lowest BCUT2D eigenvalue weighted by molar-refractivity contribution is 0.619. The maximum atomic E-state index is 4.07. The summed E-state index contributed by atoms with van der Waals surface area (Å²) in [6.07, 6.45) is 9.19. The Morgan fingerprint density at radius 1 is 1.42 bits per heavy atom. The van der Waals surface area contributed by atoms with Gasteiger partial charge in [-0.1, -0.05) is 38.2 Å². The second-order valence-electron chi connectivity index (χ2n) is 3.81. The summed E-state index contributed by atoms with van der Waals surface area (Å²) in [7, 11) is 0. The minimum atomic E-state index is 0.763. The molecular formula is C12H22. The topological polar surface area (TPSA) is 0 Å². The Hall–Kier alpha value is -0.520. The van der Waals surface area contributed by atoms with E-state index in [1.807, 2.05) is 0 Å². The van der Waals surface area contributed by atoms with Crippen LogP contribution in [0.4, 0.5) is 0 Å². The number of hydrogen-bond donors (Lipinski definition) is 0. The molecule has 0 N–H and O–H groups in total. The van der Waals surface area contributed by atoms with E-state index in [9.17, 15) is 0 Å². The molecule has 0 unspecified atom stereocenters. The first-order chi connectivity index (χ1) is 5.66. The molecule has 0 saturated carbocycles. The van der Waals surface area contributed by atoms with Gasteiger partial charge in [-0.15, -0.1) is 0 Å². The predicted molar refractivity (Wildman–Crippen MR) is 57.3 cm³/mol. The molecule has 0 aliphatic rings. The van der Waals surface area contributed by atoms with Crippen LogP contribution in [0.15, 0.2) is 24.3 Å². The fourth-order valence-electron chi connectivity index (χ4n) is 1.32. The zero-order chi connectivity index (χ0) is 9.40. The van der Waals surface area contributed by atoms with Crippen LogP contribution in [0.1, 0.15) is 46.5 Å². The van der Waals surface area contributed by atoms with Crippen molar-refractivity contribution in [3.8, 4) is 0 Å². The van der Waals surface area contributed by atoms with Gasteiger partial charge in [-0.05, 0) is 38.5 Å². The number of rotatable bonds is 6. The molecule has 0 aromatic rings. The molecule has 0 nitrogen and oxygen atoms in total. The van der Waals surface area contributed by atoms with Gasteiger partial charge in [0.15, 0.2) is 0 Å². The van der Waals surface area contributed by atoms with Crippen molar-refractivity contribution in [2.45, 2.75) is 46.5 Å². The van der Waals surface area contributed by atoms with E-state index in [2.05, 4.69) is 39.5 Å². The van der Waals surface area contributed by atoms with Gasteiger partial charge < -0.3 is 0 Å². The van der Waals surface area contributed by atoms with Crippen LogP contribution in [-0.4, -0.2) is 0 Å². The summed E-state index contributed by atoms with van der Waals surface area (Å²) in [6, 6.07) is 0. The molecule has 0 atom stereocenters. The monoisotopic (exact) mass is 166 g/mol. The van der Waals surface area contributed by atoms with Crippen LogP contribution in [0, 0.1) is 5.92 Å². The zero-order valence-electron chi connectivity index (χ0n) is 8.77. The van der Waals surface area contributed by atoms with Gasteiger partial charge in [0, 0.05) is 0 Å². The average molecular weight is 166 g/mol. The van der Waals surface area contributed by atoms with Gasteiger partial charge in [0.05, 0.1) is 0 Å². The second kappa shape index (κ2) is 7.15. The van der Waals surface area contributed by atoms with E-state index < -0.39 is 0 Å². The third kappa shape index (κ3) is 7.59. The van der Waals surface area contributed by atoms with E-state index in [-0.39, 0.29) is 0 Å². The molecule has 0 aromatic heterocycles. The summed E-state index contributed by atoms with van der Waals surface area (Å²) in [5.74, 6) is 0.763. The molecule has 0 bridgehead atoms. The summed E-state index contributed by atoms with van der Waals surface area (Å²) in [4.78, 5) is 0. The smallest absolute Gasteiger partial charge is 0.0300 e. The van der Waals surface area contributed by atoms with Crippen LogP contribution < -0.4 is 0 Å². The van der Waals surface area contributed by atoms with Crippen LogP contribution in [0.3, 0.4) is 0 Å². The molecule has 0 radical (unpaired) electrons. The molecular weight excluding hydrogens is 144 g/mol. The van der Waals surface area contributed by atoms with Gasteiger partial charge in [0.1, 0.15) is 0 Å². The lowest BCUT2D eigenvalue weighted by atomic mass is 10.00. The lowest BCUT2D eigenvalue weighted by Gasteiger charge is -2.06. The molecule has 0 heteroatoms. The minimum absolute atomic E-state index is 0.763. The average Bonchev–Trinajstić information content (AvgIpc) is 1.97. The van der Waals surface area contributed by atoms with Crippen LogP contribution in [0.5, 0.6) is 0 Å². The predicted octanol–water partition coefficient (Wildman–Crippen LogP) is 4.34. The van der Waals surface area contributed by atoms with Gasteiger partial charge in [-0.2, -0.15) is 0 Å². The van der Waals surface area contributed by atoms with E-state index in [1.54, 1.807) is 0 Å². The van der Waals surface area contributed by atoms with Gasteiger partial charge in [0.25, 0.3) is 0 Å². The molecule has 12 heavy (non-hydrogen) atoms. The molecule has 0 aromatic carbocycles. The molecule has 0 spiro atoms. The highest BCUT2D eigenvalue weighted by atomic mass is 14.0.